The summed E-state index contributed by atoms with van der Waals surface area (Å²) in [6, 6.07) is 18.2. The lowest BCUT2D eigenvalue weighted by atomic mass is 9.93. The Kier molecular flexibility index (Phi) is 9.36. The van der Waals surface area contributed by atoms with Crippen LogP contribution < -0.4 is 5.32 Å². The van der Waals surface area contributed by atoms with Gasteiger partial charge in [0.05, 0.1) is 5.69 Å². The molecule has 2 aromatic carbocycles. The molecule has 1 aliphatic carbocycles. The summed E-state index contributed by atoms with van der Waals surface area (Å²) in [6.07, 6.45) is 16.4. The zero-order valence-electron chi connectivity index (χ0n) is 21.6. The number of unbranched alkanes of at least 4 members (excludes halogenated alkanes) is 2. The molecule has 0 bridgehead atoms. The van der Waals surface area contributed by atoms with Crippen LogP contribution in [0.15, 0.2) is 77.7 Å². The molecule has 0 fully saturated rings. The maximum Gasteiger partial charge on any atom is 0.120 e. The Bertz CT molecular complexity index is 1110. The first-order valence-electron chi connectivity index (χ1n) is 13.5. The molecule has 1 aromatic heterocycles. The molecule has 1 aliphatic rings. The van der Waals surface area contributed by atoms with Gasteiger partial charge < -0.3 is 5.32 Å². The van der Waals surface area contributed by atoms with E-state index in [1.165, 1.54) is 53.6 Å². The van der Waals surface area contributed by atoms with Gasteiger partial charge in [-0.3, -0.25) is 0 Å². The van der Waals surface area contributed by atoms with Crippen LogP contribution >= 0.6 is 11.3 Å². The van der Waals surface area contributed by atoms with Crippen LogP contribution in [0.2, 0.25) is 0 Å². The smallest absolute Gasteiger partial charge is 0.120 e. The van der Waals surface area contributed by atoms with Crippen LogP contribution in [-0.2, 0) is 12.8 Å². The highest BCUT2D eigenvalue weighted by Crippen LogP contribution is 2.34. The molecule has 3 heteroatoms. The third-order valence-electron chi connectivity index (χ3n) is 6.97. The molecule has 0 saturated carbocycles. The van der Waals surface area contributed by atoms with Crippen molar-refractivity contribution >= 4 is 17.0 Å². The lowest BCUT2D eigenvalue weighted by molar-refractivity contribution is 0.790. The minimum atomic E-state index is 0.0461. The summed E-state index contributed by atoms with van der Waals surface area (Å²) >= 11 is 1.78. The van der Waals surface area contributed by atoms with Crippen molar-refractivity contribution in [3.8, 4) is 0 Å². The second kappa shape index (κ2) is 12.9. The molecule has 35 heavy (non-hydrogen) atoms. The van der Waals surface area contributed by atoms with E-state index >= 15 is 0 Å². The van der Waals surface area contributed by atoms with E-state index in [1.807, 2.05) is 0 Å². The van der Waals surface area contributed by atoms with Gasteiger partial charge in [0.25, 0.3) is 0 Å². The molecule has 0 radical (unpaired) electrons. The van der Waals surface area contributed by atoms with Crippen molar-refractivity contribution < 1.29 is 0 Å². The number of hydrogen-bond acceptors (Lipinski definition) is 3. The monoisotopic (exact) mass is 484 g/mol. The molecule has 2 atom stereocenters. The van der Waals surface area contributed by atoms with E-state index in [4.69, 9.17) is 4.98 Å². The van der Waals surface area contributed by atoms with E-state index in [0.29, 0.717) is 5.92 Å². The van der Waals surface area contributed by atoms with E-state index in [0.717, 1.165) is 36.4 Å². The maximum absolute atomic E-state index is 5.16. The van der Waals surface area contributed by atoms with E-state index in [-0.39, 0.29) is 6.04 Å². The first-order chi connectivity index (χ1) is 17.2. The van der Waals surface area contributed by atoms with Crippen LogP contribution in [0.5, 0.6) is 0 Å². The van der Waals surface area contributed by atoms with Gasteiger partial charge in [0.15, 0.2) is 0 Å². The van der Waals surface area contributed by atoms with Gasteiger partial charge in [0.1, 0.15) is 11.0 Å². The second-order valence-corrected chi connectivity index (χ2v) is 10.6. The highest BCUT2D eigenvalue weighted by atomic mass is 32.1. The van der Waals surface area contributed by atoms with Gasteiger partial charge in [-0.25, -0.2) is 4.98 Å². The largest absolute Gasteiger partial charge is 0.372 e. The van der Waals surface area contributed by atoms with Crippen LogP contribution in [-0.4, -0.2) is 4.98 Å². The maximum atomic E-state index is 5.16. The van der Waals surface area contributed by atoms with Crippen LogP contribution in [0.3, 0.4) is 0 Å². The summed E-state index contributed by atoms with van der Waals surface area (Å²) in [7, 11) is 0. The van der Waals surface area contributed by atoms with Crippen LogP contribution in [0.4, 0.5) is 5.69 Å². The lowest BCUT2D eigenvalue weighted by Crippen LogP contribution is -2.13. The Morgan fingerprint density at radius 3 is 2.14 bits per heavy atom. The number of aromatic nitrogens is 1. The van der Waals surface area contributed by atoms with E-state index in [1.54, 1.807) is 11.3 Å². The minimum absolute atomic E-state index is 0.0461. The first kappa shape index (κ1) is 25.4. The van der Waals surface area contributed by atoms with Crippen molar-refractivity contribution in [1.29, 1.82) is 0 Å². The standard InChI is InChI=1S/C32H40N2S/c1-4-7-9-25-13-19-28(20-14-25)31(33-29-21-15-26(16-22-29)10-8-5-2)32-34-30(23-35-32)27-17-11-24(6-3)12-18-27/h11-17,19-23,27,31,33H,4-10,18H2,1-3H3. The van der Waals surface area contributed by atoms with E-state index in [9.17, 15) is 0 Å². The molecule has 3 aromatic rings. The summed E-state index contributed by atoms with van der Waals surface area (Å²) in [5, 5.41) is 7.20. The molecule has 2 nitrogen and oxygen atoms in total. The highest BCUT2D eigenvalue weighted by molar-refractivity contribution is 7.09. The van der Waals surface area contributed by atoms with Gasteiger partial charge in [-0.2, -0.15) is 0 Å². The molecule has 1 heterocycles. The number of allylic oxidation sites excluding steroid dienone is 4. The number of aryl methyl sites for hydroxylation is 2. The number of nitrogens with zero attached hydrogens (tertiary/aromatic N) is 1. The molecular formula is C32H40N2S. The molecular weight excluding hydrogens is 444 g/mol. The van der Waals surface area contributed by atoms with E-state index < -0.39 is 0 Å². The number of benzene rings is 2. The van der Waals surface area contributed by atoms with Gasteiger partial charge in [0.2, 0.25) is 0 Å². The topological polar surface area (TPSA) is 24.9 Å². The summed E-state index contributed by atoms with van der Waals surface area (Å²) in [6.45, 7) is 6.72. The summed E-state index contributed by atoms with van der Waals surface area (Å²) in [5.74, 6) is 0.380. The molecule has 4 rings (SSSR count). The first-order valence-corrected chi connectivity index (χ1v) is 14.3. The molecule has 0 spiro atoms. The normalized spacial score (nSPS) is 16.2. The third-order valence-corrected chi connectivity index (χ3v) is 7.90. The number of hydrogen-bond donors (Lipinski definition) is 1. The summed E-state index contributed by atoms with van der Waals surface area (Å²) in [5.41, 5.74) is 7.87. The highest BCUT2D eigenvalue weighted by Gasteiger charge is 2.21. The molecule has 0 saturated heterocycles. The zero-order chi connectivity index (χ0) is 24.5. The van der Waals surface area contributed by atoms with Gasteiger partial charge in [-0.1, -0.05) is 93.8 Å². The quantitative estimate of drug-likeness (QED) is 0.277. The van der Waals surface area contributed by atoms with Gasteiger partial charge in [0, 0.05) is 17.0 Å². The predicted molar refractivity (Wildman–Crippen MR) is 153 cm³/mol. The fraction of sp³-hybridized carbons (Fsp3) is 0.406. The summed E-state index contributed by atoms with van der Waals surface area (Å²) in [4.78, 5) is 5.16. The van der Waals surface area contributed by atoms with Crippen LogP contribution in [0.25, 0.3) is 0 Å². The van der Waals surface area contributed by atoms with Crippen LogP contribution in [0, 0.1) is 0 Å². The Morgan fingerprint density at radius 1 is 0.914 bits per heavy atom. The van der Waals surface area contributed by atoms with Gasteiger partial charge in [-0.05, 0) is 67.3 Å². The van der Waals surface area contributed by atoms with Gasteiger partial charge in [-0.15, -0.1) is 11.3 Å². The van der Waals surface area contributed by atoms with E-state index in [2.05, 4.69) is 98.2 Å². The Balaban J connectivity index is 1.56. The molecule has 0 amide bonds. The van der Waals surface area contributed by atoms with Crippen molar-refractivity contribution in [2.45, 2.75) is 84.1 Å². The number of rotatable bonds is 12. The molecule has 2 unspecified atom stereocenters. The molecule has 184 valence electrons. The average Bonchev–Trinajstić information content (AvgIpc) is 3.40. The lowest BCUT2D eigenvalue weighted by Gasteiger charge is -2.20. The predicted octanol–water partition coefficient (Wildman–Crippen LogP) is 9.41. The second-order valence-electron chi connectivity index (χ2n) is 9.67. The van der Waals surface area contributed by atoms with Crippen molar-refractivity contribution in [2.24, 2.45) is 0 Å². The summed E-state index contributed by atoms with van der Waals surface area (Å²) < 4.78 is 0. The fourth-order valence-corrected chi connectivity index (χ4v) is 5.57. The average molecular weight is 485 g/mol. The Labute approximate surface area is 216 Å². The van der Waals surface area contributed by atoms with Crippen molar-refractivity contribution in [2.75, 3.05) is 5.32 Å². The van der Waals surface area contributed by atoms with Crippen LogP contribution in [0.1, 0.15) is 98.6 Å². The minimum Gasteiger partial charge on any atom is -0.372 e. The van der Waals surface area contributed by atoms with Crippen molar-refractivity contribution in [3.05, 3.63) is 105 Å². The third kappa shape index (κ3) is 6.95. The number of thiazole rings is 1. The van der Waals surface area contributed by atoms with Crippen molar-refractivity contribution in [1.82, 2.24) is 4.98 Å². The Morgan fingerprint density at radius 2 is 1.57 bits per heavy atom. The fourth-order valence-electron chi connectivity index (χ4n) is 4.61. The van der Waals surface area contributed by atoms with Crippen molar-refractivity contribution in [3.63, 3.8) is 0 Å². The van der Waals surface area contributed by atoms with Gasteiger partial charge >= 0.3 is 0 Å². The number of anilines is 1. The SMILES string of the molecule is CCCCc1ccc(NC(c2ccc(CCCC)cc2)c2nc(C3C=CC(CC)=CC3)cs2)cc1. The molecule has 0 aliphatic heterocycles. The molecule has 1 N–H and O–H groups in total. The Hall–Kier alpha value is -2.65. The number of nitrogens with one attached hydrogen (secondary N) is 1. The zero-order valence-corrected chi connectivity index (χ0v) is 22.4.